The van der Waals surface area contributed by atoms with Crippen molar-refractivity contribution in [2.24, 2.45) is 17.4 Å². The second kappa shape index (κ2) is 7.21. The SMILES string of the molecule is CNc1n[nH]c(C#Cc2cc(N)c(/C(=C(\N)F)C3CC3)cc2Cl)c1C(N)=O. The fourth-order valence-corrected chi connectivity index (χ4v) is 3.03. The molecule has 1 saturated carbocycles. The van der Waals surface area contributed by atoms with E-state index in [0.717, 1.165) is 12.8 Å². The van der Waals surface area contributed by atoms with E-state index in [1.807, 2.05) is 0 Å². The van der Waals surface area contributed by atoms with Crippen LogP contribution in [0.3, 0.4) is 0 Å². The van der Waals surface area contributed by atoms with E-state index >= 15 is 0 Å². The van der Waals surface area contributed by atoms with Crippen molar-refractivity contribution in [1.82, 2.24) is 10.2 Å². The van der Waals surface area contributed by atoms with Crippen molar-refractivity contribution < 1.29 is 9.18 Å². The van der Waals surface area contributed by atoms with Crippen LogP contribution in [0.25, 0.3) is 5.57 Å². The minimum atomic E-state index is -0.748. The first kappa shape index (κ1) is 18.6. The van der Waals surface area contributed by atoms with Crippen LogP contribution in [-0.4, -0.2) is 23.2 Å². The second-order valence-electron chi connectivity index (χ2n) is 6.14. The van der Waals surface area contributed by atoms with Gasteiger partial charge in [0.15, 0.2) is 11.8 Å². The monoisotopic (exact) mass is 388 g/mol. The Labute approximate surface area is 160 Å². The highest BCUT2D eigenvalue weighted by atomic mass is 35.5. The number of carbonyl (C=O) groups excluding carboxylic acids is 1. The molecule has 1 aromatic carbocycles. The lowest BCUT2D eigenvalue weighted by Gasteiger charge is -2.11. The Bertz CT molecular complexity index is 1010. The van der Waals surface area contributed by atoms with Gasteiger partial charge in [-0.2, -0.15) is 9.49 Å². The Balaban J connectivity index is 2.01. The summed E-state index contributed by atoms with van der Waals surface area (Å²) in [6.45, 7) is 0. The highest BCUT2D eigenvalue weighted by molar-refractivity contribution is 6.32. The van der Waals surface area contributed by atoms with E-state index in [-0.39, 0.29) is 17.2 Å². The number of nitrogens with zero attached hydrogens (tertiary/aromatic N) is 1. The number of carbonyl (C=O) groups is 1. The lowest BCUT2D eigenvalue weighted by atomic mass is 9.98. The summed E-state index contributed by atoms with van der Waals surface area (Å²) in [5, 5.41) is 9.62. The number of nitrogens with one attached hydrogen (secondary N) is 2. The Hall–Kier alpha value is -3.18. The van der Waals surface area contributed by atoms with Gasteiger partial charge in [-0.15, -0.1) is 0 Å². The van der Waals surface area contributed by atoms with E-state index < -0.39 is 11.9 Å². The van der Waals surface area contributed by atoms with E-state index in [0.29, 0.717) is 33.2 Å². The minimum absolute atomic E-state index is 0.0633. The Kier molecular flexibility index (Phi) is 4.97. The number of primary amides is 1. The third kappa shape index (κ3) is 3.68. The fraction of sp³-hybridized carbons (Fsp3) is 0.222. The molecule has 0 spiro atoms. The number of aromatic nitrogens is 2. The number of amides is 1. The van der Waals surface area contributed by atoms with Crippen molar-refractivity contribution in [1.29, 1.82) is 0 Å². The van der Waals surface area contributed by atoms with Gasteiger partial charge in [-0.3, -0.25) is 9.89 Å². The maximum absolute atomic E-state index is 13.8. The molecule has 1 aliphatic carbocycles. The molecule has 0 radical (unpaired) electrons. The number of nitrogen functional groups attached to an aromatic ring is 1. The number of halogens is 2. The summed E-state index contributed by atoms with van der Waals surface area (Å²) in [6.07, 6.45) is 1.73. The van der Waals surface area contributed by atoms with Gasteiger partial charge in [0.2, 0.25) is 0 Å². The minimum Gasteiger partial charge on any atom is -0.398 e. The van der Waals surface area contributed by atoms with Gasteiger partial charge >= 0.3 is 0 Å². The molecule has 0 unspecified atom stereocenters. The average molecular weight is 389 g/mol. The Morgan fingerprint density at radius 1 is 1.37 bits per heavy atom. The quantitative estimate of drug-likeness (QED) is 0.311. The zero-order chi connectivity index (χ0) is 19.7. The topological polar surface area (TPSA) is 136 Å². The average Bonchev–Trinajstić information content (AvgIpc) is 3.34. The molecular formula is C18H18ClFN6O. The molecule has 8 N–H and O–H groups in total. The van der Waals surface area contributed by atoms with Gasteiger partial charge < -0.3 is 22.5 Å². The van der Waals surface area contributed by atoms with Crippen molar-refractivity contribution in [3.63, 3.8) is 0 Å². The molecule has 2 aromatic rings. The van der Waals surface area contributed by atoms with Crippen LogP contribution >= 0.6 is 11.6 Å². The predicted octanol–water partition coefficient (Wildman–Crippen LogP) is 2.19. The standard InChI is InChI=1S/C18H18ClFN6O/c1-24-18-15(17(23)27)13(25-26-18)5-4-9-6-12(21)10(7-11(9)19)14(16(20)22)8-2-3-8/h6-8H,2-3,21-22H2,1H3,(H2,23,27)(H2,24,25,26)/b16-14-. The number of allylic oxidation sites excluding steroid dienone is 1. The number of anilines is 2. The summed E-state index contributed by atoms with van der Waals surface area (Å²) in [6, 6.07) is 3.11. The Morgan fingerprint density at radius 3 is 2.63 bits per heavy atom. The van der Waals surface area contributed by atoms with Crippen LogP contribution in [0, 0.1) is 17.8 Å². The molecule has 0 aliphatic heterocycles. The zero-order valence-corrected chi connectivity index (χ0v) is 15.2. The Morgan fingerprint density at radius 2 is 2.07 bits per heavy atom. The van der Waals surface area contributed by atoms with Crippen molar-refractivity contribution in [3.05, 3.63) is 45.5 Å². The molecule has 27 heavy (non-hydrogen) atoms. The summed E-state index contributed by atoms with van der Waals surface area (Å²) in [4.78, 5) is 11.6. The fourth-order valence-electron chi connectivity index (χ4n) is 2.82. The number of hydrogen-bond donors (Lipinski definition) is 5. The lowest BCUT2D eigenvalue weighted by molar-refractivity contribution is 0.100. The molecule has 9 heteroatoms. The van der Waals surface area contributed by atoms with Gasteiger partial charge in [-0.1, -0.05) is 17.5 Å². The summed E-state index contributed by atoms with van der Waals surface area (Å²) in [5.41, 5.74) is 18.8. The molecule has 3 rings (SSSR count). The van der Waals surface area contributed by atoms with E-state index in [9.17, 15) is 9.18 Å². The van der Waals surface area contributed by atoms with E-state index in [4.69, 9.17) is 28.8 Å². The highest BCUT2D eigenvalue weighted by Crippen LogP contribution is 2.45. The first-order valence-corrected chi connectivity index (χ1v) is 8.53. The molecular weight excluding hydrogens is 371 g/mol. The van der Waals surface area contributed by atoms with E-state index in [1.165, 1.54) is 0 Å². The third-order valence-electron chi connectivity index (χ3n) is 4.24. The van der Waals surface area contributed by atoms with Crippen molar-refractivity contribution >= 4 is 34.6 Å². The second-order valence-corrected chi connectivity index (χ2v) is 6.55. The van der Waals surface area contributed by atoms with Crippen LogP contribution in [0.15, 0.2) is 18.1 Å². The molecule has 140 valence electrons. The summed E-state index contributed by atoms with van der Waals surface area (Å²) >= 11 is 6.30. The van der Waals surface area contributed by atoms with Gasteiger partial charge in [-0.05, 0) is 36.8 Å². The third-order valence-corrected chi connectivity index (χ3v) is 4.56. The van der Waals surface area contributed by atoms with Gasteiger partial charge in [0.1, 0.15) is 11.3 Å². The van der Waals surface area contributed by atoms with Crippen LogP contribution < -0.4 is 22.5 Å². The molecule has 0 bridgehead atoms. The molecule has 1 aromatic heterocycles. The van der Waals surface area contributed by atoms with E-state index in [1.54, 1.807) is 19.2 Å². The number of aromatic amines is 1. The zero-order valence-electron chi connectivity index (χ0n) is 14.5. The number of rotatable bonds is 4. The molecule has 1 heterocycles. The van der Waals surface area contributed by atoms with Crippen molar-refractivity contribution in [3.8, 4) is 11.8 Å². The number of nitrogens with two attached hydrogens (primary N) is 3. The summed E-state index contributed by atoms with van der Waals surface area (Å²) < 4.78 is 13.8. The molecule has 7 nitrogen and oxygen atoms in total. The van der Waals surface area contributed by atoms with Crippen molar-refractivity contribution in [2.45, 2.75) is 12.8 Å². The largest absolute Gasteiger partial charge is 0.398 e. The van der Waals surface area contributed by atoms with Crippen LogP contribution in [0.2, 0.25) is 5.02 Å². The number of benzene rings is 1. The van der Waals surface area contributed by atoms with Crippen LogP contribution in [-0.2, 0) is 0 Å². The van der Waals surface area contributed by atoms with Gasteiger partial charge in [-0.25, -0.2) is 0 Å². The number of hydrogen-bond acceptors (Lipinski definition) is 5. The molecule has 1 fully saturated rings. The maximum Gasteiger partial charge on any atom is 0.255 e. The summed E-state index contributed by atoms with van der Waals surface area (Å²) in [7, 11) is 1.61. The van der Waals surface area contributed by atoms with E-state index in [2.05, 4.69) is 27.4 Å². The smallest absolute Gasteiger partial charge is 0.255 e. The molecule has 1 amide bonds. The maximum atomic E-state index is 13.8. The van der Waals surface area contributed by atoms with Gasteiger partial charge in [0.05, 0.1) is 5.02 Å². The highest BCUT2D eigenvalue weighted by Gasteiger charge is 2.31. The predicted molar refractivity (Wildman–Crippen MR) is 103 cm³/mol. The van der Waals surface area contributed by atoms with Crippen molar-refractivity contribution in [2.75, 3.05) is 18.1 Å². The van der Waals surface area contributed by atoms with Crippen LogP contribution in [0.5, 0.6) is 0 Å². The summed E-state index contributed by atoms with van der Waals surface area (Å²) in [5.74, 6) is 4.56. The number of H-pyrrole nitrogens is 1. The van der Waals surface area contributed by atoms with Crippen LogP contribution in [0.1, 0.15) is 40.0 Å². The van der Waals surface area contributed by atoms with Gasteiger partial charge in [0, 0.05) is 29.4 Å². The first-order valence-electron chi connectivity index (χ1n) is 8.16. The van der Waals surface area contributed by atoms with Crippen LogP contribution in [0.4, 0.5) is 15.9 Å². The first-order chi connectivity index (χ1) is 12.8. The molecule has 0 atom stereocenters. The normalized spacial score (nSPS) is 14.2. The molecule has 1 aliphatic rings. The molecule has 0 saturated heterocycles. The lowest BCUT2D eigenvalue weighted by Crippen LogP contribution is -2.13. The van der Waals surface area contributed by atoms with Gasteiger partial charge in [0.25, 0.3) is 5.91 Å².